The first-order chi connectivity index (χ1) is 18.5. The van der Waals surface area contributed by atoms with Crippen molar-refractivity contribution in [1.29, 1.82) is 0 Å². The van der Waals surface area contributed by atoms with Gasteiger partial charge in [-0.2, -0.15) is 0 Å². The van der Waals surface area contributed by atoms with Crippen molar-refractivity contribution < 1.29 is 29.3 Å². The molecule has 0 heterocycles. The Bertz CT molecular complexity index is 1470. The Morgan fingerprint density at radius 2 is 0.711 bits per heavy atom. The minimum absolute atomic E-state index is 0.0269. The highest BCUT2D eigenvalue weighted by atomic mass is 16.5. The zero-order chi connectivity index (χ0) is 26.5. The molecule has 0 fully saturated rings. The summed E-state index contributed by atoms with van der Waals surface area (Å²) in [5.41, 5.74) is 1.83. The van der Waals surface area contributed by atoms with Gasteiger partial charge in [-0.1, -0.05) is 48.5 Å². The third-order valence-corrected chi connectivity index (χ3v) is 5.83. The predicted octanol–water partition coefficient (Wildman–Crippen LogP) is 7.14. The molecule has 0 unspecified atom stereocenters. The lowest BCUT2D eigenvalue weighted by Gasteiger charge is -2.09. The molecule has 0 aliphatic carbocycles. The third-order valence-electron chi connectivity index (χ3n) is 5.83. The van der Waals surface area contributed by atoms with Crippen LogP contribution >= 0.6 is 0 Å². The van der Waals surface area contributed by atoms with E-state index in [1.807, 2.05) is 0 Å². The van der Waals surface area contributed by atoms with Crippen LogP contribution in [0, 0.1) is 0 Å². The number of phenolic OH excluding ortho intramolecular Hbond substituents is 2. The number of benzene rings is 5. The molecule has 0 spiro atoms. The van der Waals surface area contributed by atoms with Gasteiger partial charge in [0, 0.05) is 22.3 Å². The van der Waals surface area contributed by atoms with Crippen LogP contribution in [0.4, 0.5) is 0 Å². The van der Waals surface area contributed by atoms with Gasteiger partial charge >= 0.3 is 0 Å². The number of rotatable bonds is 8. The van der Waals surface area contributed by atoms with Gasteiger partial charge in [-0.15, -0.1) is 0 Å². The Morgan fingerprint density at radius 3 is 1.03 bits per heavy atom. The number of ketones is 2. The summed E-state index contributed by atoms with van der Waals surface area (Å²) in [4.78, 5) is 25.9. The molecule has 0 bridgehead atoms. The summed E-state index contributed by atoms with van der Waals surface area (Å²) in [5.74, 6) is 1.29. The number of hydrogen-bond acceptors (Lipinski definition) is 6. The van der Waals surface area contributed by atoms with E-state index in [4.69, 9.17) is 9.47 Å². The Hall–Kier alpha value is -5.36. The maximum absolute atomic E-state index is 12.9. The molecule has 186 valence electrons. The number of carbonyl (C=O) groups excluding carboxylic acids is 2. The zero-order valence-electron chi connectivity index (χ0n) is 20.1. The first-order valence-corrected chi connectivity index (χ1v) is 11.8. The van der Waals surface area contributed by atoms with Crippen LogP contribution in [0.5, 0.6) is 34.5 Å². The van der Waals surface area contributed by atoms with Crippen molar-refractivity contribution >= 4 is 11.6 Å². The lowest BCUT2D eigenvalue weighted by Crippen LogP contribution is -2.04. The molecule has 0 aliphatic rings. The number of phenols is 2. The highest BCUT2D eigenvalue weighted by Crippen LogP contribution is 2.31. The molecule has 0 saturated carbocycles. The van der Waals surface area contributed by atoms with Gasteiger partial charge in [-0.05, 0) is 72.8 Å². The monoisotopic (exact) mass is 502 g/mol. The summed E-state index contributed by atoms with van der Waals surface area (Å²) in [6, 6.07) is 33.0. The largest absolute Gasteiger partial charge is 0.504 e. The zero-order valence-corrected chi connectivity index (χ0v) is 20.1. The maximum atomic E-state index is 12.9. The molecule has 0 aliphatic heterocycles. The fourth-order valence-corrected chi connectivity index (χ4v) is 3.80. The topological polar surface area (TPSA) is 93.1 Å². The van der Waals surface area contributed by atoms with Gasteiger partial charge in [0.1, 0.15) is 11.5 Å². The highest BCUT2D eigenvalue weighted by Gasteiger charge is 2.14. The quantitative estimate of drug-likeness (QED) is 0.219. The van der Waals surface area contributed by atoms with Gasteiger partial charge < -0.3 is 19.7 Å². The molecule has 5 aromatic rings. The second-order valence-corrected chi connectivity index (χ2v) is 8.42. The lowest BCUT2D eigenvalue weighted by atomic mass is 9.98. The Morgan fingerprint density at radius 1 is 0.421 bits per heavy atom. The minimum Gasteiger partial charge on any atom is -0.504 e. The van der Waals surface area contributed by atoms with Crippen LogP contribution in [0.2, 0.25) is 0 Å². The smallest absolute Gasteiger partial charge is 0.193 e. The van der Waals surface area contributed by atoms with E-state index in [2.05, 4.69) is 0 Å². The molecule has 6 nitrogen and oxygen atoms in total. The average molecular weight is 503 g/mol. The molecule has 0 saturated heterocycles. The van der Waals surface area contributed by atoms with Crippen LogP contribution < -0.4 is 9.47 Å². The minimum atomic E-state index is -0.191. The predicted molar refractivity (Wildman–Crippen MR) is 143 cm³/mol. The van der Waals surface area contributed by atoms with Gasteiger partial charge in [0.15, 0.2) is 34.6 Å². The molecule has 5 aromatic carbocycles. The van der Waals surface area contributed by atoms with Crippen molar-refractivity contribution in [3.63, 3.8) is 0 Å². The average Bonchev–Trinajstić information content (AvgIpc) is 2.96. The molecule has 0 atom stereocenters. The normalized spacial score (nSPS) is 10.5. The molecule has 6 heteroatoms. The summed E-state index contributed by atoms with van der Waals surface area (Å²) in [6.45, 7) is 0. The van der Waals surface area contributed by atoms with Gasteiger partial charge in [-0.3, -0.25) is 9.59 Å². The van der Waals surface area contributed by atoms with Crippen molar-refractivity contribution in [2.45, 2.75) is 0 Å². The van der Waals surface area contributed by atoms with Crippen molar-refractivity contribution in [3.05, 3.63) is 144 Å². The number of ether oxygens (including phenoxy) is 2. The number of carbonyl (C=O) groups is 2. The van der Waals surface area contributed by atoms with Crippen LogP contribution in [-0.4, -0.2) is 21.8 Å². The first kappa shape index (κ1) is 24.3. The summed E-state index contributed by atoms with van der Waals surface area (Å²) in [6.07, 6.45) is 0. The van der Waals surface area contributed by atoms with Crippen LogP contribution in [0.3, 0.4) is 0 Å². The van der Waals surface area contributed by atoms with E-state index in [-0.39, 0.29) is 23.1 Å². The second kappa shape index (κ2) is 10.7. The van der Waals surface area contributed by atoms with Crippen LogP contribution in [0.25, 0.3) is 0 Å². The van der Waals surface area contributed by atoms with Crippen LogP contribution in [-0.2, 0) is 0 Å². The van der Waals surface area contributed by atoms with Crippen LogP contribution in [0.1, 0.15) is 31.8 Å². The lowest BCUT2D eigenvalue weighted by molar-refractivity contribution is 0.102. The Balaban J connectivity index is 1.24. The van der Waals surface area contributed by atoms with Crippen LogP contribution in [0.15, 0.2) is 121 Å². The van der Waals surface area contributed by atoms with E-state index in [1.54, 1.807) is 109 Å². The summed E-state index contributed by atoms with van der Waals surface area (Å²) >= 11 is 0. The van der Waals surface area contributed by atoms with E-state index < -0.39 is 0 Å². The molecule has 38 heavy (non-hydrogen) atoms. The van der Waals surface area contributed by atoms with E-state index in [9.17, 15) is 19.8 Å². The van der Waals surface area contributed by atoms with Gasteiger partial charge in [0.25, 0.3) is 0 Å². The van der Waals surface area contributed by atoms with E-state index in [0.29, 0.717) is 45.3 Å². The second-order valence-electron chi connectivity index (χ2n) is 8.42. The maximum Gasteiger partial charge on any atom is 0.193 e. The number of hydrogen-bond donors (Lipinski definition) is 2. The van der Waals surface area contributed by atoms with E-state index in [0.717, 1.165) is 0 Å². The summed E-state index contributed by atoms with van der Waals surface area (Å²) in [7, 11) is 0. The SMILES string of the molecule is O=C(c1ccc(Oc2ccccc2O)cc1)c1ccc(C(=O)c2ccc(Oc3ccccc3O)cc2)cc1. The molecular formula is C32H22O6. The van der Waals surface area contributed by atoms with Gasteiger partial charge in [-0.25, -0.2) is 0 Å². The third kappa shape index (κ3) is 5.39. The fourth-order valence-electron chi connectivity index (χ4n) is 3.80. The van der Waals surface area contributed by atoms with Crippen molar-refractivity contribution in [1.82, 2.24) is 0 Å². The molecule has 0 aromatic heterocycles. The van der Waals surface area contributed by atoms with Gasteiger partial charge in [0.05, 0.1) is 0 Å². The molecule has 5 rings (SSSR count). The van der Waals surface area contributed by atoms with E-state index >= 15 is 0 Å². The van der Waals surface area contributed by atoms with Crippen molar-refractivity contribution in [3.8, 4) is 34.5 Å². The highest BCUT2D eigenvalue weighted by molar-refractivity contribution is 6.11. The Kier molecular flexibility index (Phi) is 6.87. The standard InChI is InChI=1S/C32H22O6/c33-27-5-1-3-7-29(27)37-25-17-13-23(14-18-25)31(35)21-9-11-22(12-10-21)32(36)24-15-19-26(20-16-24)38-30-8-4-2-6-28(30)34/h1-20,33-34H. The first-order valence-electron chi connectivity index (χ1n) is 11.8. The summed E-state index contributed by atoms with van der Waals surface area (Å²) in [5, 5.41) is 19.7. The summed E-state index contributed by atoms with van der Waals surface area (Å²) < 4.78 is 11.3. The number of aromatic hydroxyl groups is 2. The van der Waals surface area contributed by atoms with Crippen molar-refractivity contribution in [2.75, 3.05) is 0 Å². The molecule has 0 radical (unpaired) electrons. The van der Waals surface area contributed by atoms with E-state index in [1.165, 1.54) is 12.1 Å². The molecule has 0 amide bonds. The van der Waals surface area contributed by atoms with Gasteiger partial charge in [0.2, 0.25) is 0 Å². The fraction of sp³-hybridized carbons (Fsp3) is 0. The Labute approximate surface area is 219 Å². The number of para-hydroxylation sites is 4. The van der Waals surface area contributed by atoms with Crippen molar-refractivity contribution in [2.24, 2.45) is 0 Å². The molecule has 2 N–H and O–H groups in total. The molecular weight excluding hydrogens is 480 g/mol.